The van der Waals surface area contributed by atoms with E-state index in [9.17, 15) is 0 Å². The first-order chi connectivity index (χ1) is 7.12. The zero-order valence-corrected chi connectivity index (χ0v) is 9.27. The molecular weight excluding hydrogens is 192 g/mol. The van der Waals surface area contributed by atoms with Gasteiger partial charge in [0.2, 0.25) is 0 Å². The quantitative estimate of drug-likeness (QED) is 0.726. The van der Waals surface area contributed by atoms with Crippen molar-refractivity contribution in [2.75, 3.05) is 6.61 Å². The van der Waals surface area contributed by atoms with Crippen LogP contribution in [0.15, 0.2) is 6.20 Å². The highest BCUT2D eigenvalue weighted by molar-refractivity contribution is 5.03. The molecule has 1 fully saturated rings. The minimum absolute atomic E-state index is 0.103. The van der Waals surface area contributed by atoms with Crippen LogP contribution in [0.1, 0.15) is 26.0 Å². The summed E-state index contributed by atoms with van der Waals surface area (Å²) in [6.45, 7) is 5.90. The zero-order valence-electron chi connectivity index (χ0n) is 9.27. The van der Waals surface area contributed by atoms with Crippen molar-refractivity contribution >= 4 is 0 Å². The second-order valence-electron chi connectivity index (χ2n) is 4.82. The fourth-order valence-electron chi connectivity index (χ4n) is 1.67. The Hall–Kier alpha value is -0.940. The number of aromatic nitrogens is 3. The molecule has 5 heteroatoms. The molecule has 1 aromatic rings. The van der Waals surface area contributed by atoms with Gasteiger partial charge in [-0.2, -0.15) is 0 Å². The molecule has 1 saturated carbocycles. The predicted octanol–water partition coefficient (Wildman–Crippen LogP) is 0.158. The fourth-order valence-corrected chi connectivity index (χ4v) is 1.67. The Kier molecular flexibility index (Phi) is 2.75. The molecule has 0 bridgehead atoms. The lowest BCUT2D eigenvalue weighted by atomic mass is 10.2. The van der Waals surface area contributed by atoms with Crippen LogP contribution in [-0.2, 0) is 13.1 Å². The van der Waals surface area contributed by atoms with Gasteiger partial charge >= 0.3 is 0 Å². The molecule has 1 atom stereocenters. The Balaban J connectivity index is 1.79. The Morgan fingerprint density at radius 3 is 3.00 bits per heavy atom. The average Bonchev–Trinajstić information content (AvgIpc) is 2.62. The first-order valence-corrected chi connectivity index (χ1v) is 5.35. The highest BCUT2D eigenvalue weighted by Gasteiger charge is 2.45. The Labute approximate surface area is 89.5 Å². The van der Waals surface area contributed by atoms with Crippen molar-refractivity contribution in [1.82, 2.24) is 20.3 Å². The van der Waals surface area contributed by atoms with E-state index in [1.807, 2.05) is 6.20 Å². The Morgan fingerprint density at radius 1 is 1.67 bits per heavy atom. The lowest BCUT2D eigenvalue weighted by molar-refractivity contribution is 0.268. The monoisotopic (exact) mass is 210 g/mol. The van der Waals surface area contributed by atoms with Crippen molar-refractivity contribution < 1.29 is 5.11 Å². The second kappa shape index (κ2) is 3.90. The van der Waals surface area contributed by atoms with Gasteiger partial charge in [-0.25, -0.2) is 4.68 Å². The molecule has 2 N–H and O–H groups in total. The summed E-state index contributed by atoms with van der Waals surface area (Å²) in [6.07, 6.45) is 3.11. The van der Waals surface area contributed by atoms with Crippen LogP contribution in [0.2, 0.25) is 0 Å². The second-order valence-corrected chi connectivity index (χ2v) is 4.82. The molecule has 5 nitrogen and oxygen atoms in total. The van der Waals surface area contributed by atoms with E-state index < -0.39 is 0 Å². The van der Waals surface area contributed by atoms with Gasteiger partial charge in [0.25, 0.3) is 0 Å². The van der Waals surface area contributed by atoms with Crippen molar-refractivity contribution in [3.63, 3.8) is 0 Å². The fraction of sp³-hybridized carbons (Fsp3) is 0.800. The van der Waals surface area contributed by atoms with Crippen LogP contribution in [0.25, 0.3) is 0 Å². The lowest BCUT2D eigenvalue weighted by Gasteiger charge is -2.03. The van der Waals surface area contributed by atoms with E-state index in [1.165, 1.54) is 6.42 Å². The summed E-state index contributed by atoms with van der Waals surface area (Å²) in [7, 11) is 0. The van der Waals surface area contributed by atoms with Crippen LogP contribution in [0.3, 0.4) is 0 Å². The van der Waals surface area contributed by atoms with Gasteiger partial charge in [0.1, 0.15) is 0 Å². The summed E-state index contributed by atoms with van der Waals surface area (Å²) in [5.74, 6) is 0. The predicted molar refractivity (Wildman–Crippen MR) is 56.1 cm³/mol. The number of nitrogens with zero attached hydrogens (tertiary/aromatic N) is 3. The maximum atomic E-state index is 8.72. The standard InChI is InChI=1S/C10H18N4O/c1-10(2)5-9(10)11-6-8-7-14(3-4-15)13-12-8/h7,9,11,15H,3-6H2,1-2H3. The molecule has 0 saturated heterocycles. The zero-order chi connectivity index (χ0) is 10.9. The van der Waals surface area contributed by atoms with Gasteiger partial charge in [-0.05, 0) is 11.8 Å². The third-order valence-electron chi connectivity index (χ3n) is 2.96. The normalized spacial score (nSPS) is 23.0. The summed E-state index contributed by atoms with van der Waals surface area (Å²) in [4.78, 5) is 0. The van der Waals surface area contributed by atoms with Gasteiger partial charge < -0.3 is 10.4 Å². The summed E-state index contributed by atoms with van der Waals surface area (Å²) in [5.41, 5.74) is 1.38. The largest absolute Gasteiger partial charge is 0.394 e. The molecule has 0 aliphatic heterocycles. The van der Waals surface area contributed by atoms with Crippen LogP contribution in [-0.4, -0.2) is 32.7 Å². The van der Waals surface area contributed by atoms with Crippen molar-refractivity contribution in [1.29, 1.82) is 0 Å². The number of aliphatic hydroxyl groups is 1. The van der Waals surface area contributed by atoms with Gasteiger partial charge in [-0.1, -0.05) is 19.1 Å². The Bertz CT molecular complexity index is 334. The number of nitrogens with one attached hydrogen (secondary N) is 1. The molecule has 1 unspecified atom stereocenters. The molecular formula is C10H18N4O. The molecule has 84 valence electrons. The molecule has 0 radical (unpaired) electrons. The molecule has 0 spiro atoms. The van der Waals surface area contributed by atoms with E-state index in [-0.39, 0.29) is 6.61 Å². The number of hydrogen-bond acceptors (Lipinski definition) is 4. The molecule has 1 aromatic heterocycles. The van der Waals surface area contributed by atoms with Crippen molar-refractivity contribution in [3.05, 3.63) is 11.9 Å². The Morgan fingerprint density at radius 2 is 2.40 bits per heavy atom. The van der Waals surface area contributed by atoms with E-state index in [0.29, 0.717) is 18.0 Å². The van der Waals surface area contributed by atoms with Gasteiger partial charge in [-0.15, -0.1) is 5.10 Å². The molecule has 1 aliphatic carbocycles. The molecule has 0 aromatic carbocycles. The smallest absolute Gasteiger partial charge is 0.0964 e. The highest BCUT2D eigenvalue weighted by atomic mass is 16.3. The van der Waals surface area contributed by atoms with Gasteiger partial charge in [0.15, 0.2) is 0 Å². The molecule has 1 aliphatic rings. The summed E-state index contributed by atoms with van der Waals surface area (Å²) < 4.78 is 1.66. The summed E-state index contributed by atoms with van der Waals surface area (Å²) in [5, 5.41) is 20.1. The third kappa shape index (κ3) is 2.54. The summed E-state index contributed by atoms with van der Waals surface area (Å²) >= 11 is 0. The van der Waals surface area contributed by atoms with E-state index in [2.05, 4.69) is 29.5 Å². The molecule has 0 amide bonds. The van der Waals surface area contributed by atoms with Crippen LogP contribution >= 0.6 is 0 Å². The van der Waals surface area contributed by atoms with Gasteiger partial charge in [-0.3, -0.25) is 0 Å². The van der Waals surface area contributed by atoms with Crippen molar-refractivity contribution in [2.45, 2.75) is 39.4 Å². The maximum Gasteiger partial charge on any atom is 0.0964 e. The topological polar surface area (TPSA) is 63.0 Å². The minimum Gasteiger partial charge on any atom is -0.394 e. The number of aliphatic hydroxyl groups excluding tert-OH is 1. The summed E-state index contributed by atoms with van der Waals surface area (Å²) in [6, 6.07) is 0.612. The van der Waals surface area contributed by atoms with E-state index in [1.54, 1.807) is 4.68 Å². The molecule has 1 heterocycles. The molecule has 15 heavy (non-hydrogen) atoms. The first-order valence-electron chi connectivity index (χ1n) is 5.35. The third-order valence-corrected chi connectivity index (χ3v) is 2.96. The van der Waals surface area contributed by atoms with E-state index in [4.69, 9.17) is 5.11 Å². The van der Waals surface area contributed by atoms with Crippen molar-refractivity contribution in [2.24, 2.45) is 5.41 Å². The van der Waals surface area contributed by atoms with Crippen LogP contribution in [0, 0.1) is 5.41 Å². The van der Waals surface area contributed by atoms with Crippen LogP contribution < -0.4 is 5.32 Å². The van der Waals surface area contributed by atoms with Gasteiger partial charge in [0, 0.05) is 18.8 Å². The first kappa shape index (κ1) is 10.6. The van der Waals surface area contributed by atoms with Crippen LogP contribution in [0.4, 0.5) is 0 Å². The molecule has 2 rings (SSSR count). The highest BCUT2D eigenvalue weighted by Crippen LogP contribution is 2.44. The lowest BCUT2D eigenvalue weighted by Crippen LogP contribution is -2.20. The van der Waals surface area contributed by atoms with Crippen molar-refractivity contribution in [3.8, 4) is 0 Å². The average molecular weight is 210 g/mol. The number of rotatable bonds is 5. The van der Waals surface area contributed by atoms with E-state index >= 15 is 0 Å². The van der Waals surface area contributed by atoms with Crippen LogP contribution in [0.5, 0.6) is 0 Å². The van der Waals surface area contributed by atoms with E-state index in [0.717, 1.165) is 12.2 Å². The number of hydrogen-bond donors (Lipinski definition) is 2. The SMILES string of the molecule is CC1(C)CC1NCc1cn(CCO)nn1. The maximum absolute atomic E-state index is 8.72. The van der Waals surface area contributed by atoms with Gasteiger partial charge in [0.05, 0.1) is 18.8 Å². The minimum atomic E-state index is 0.103.